The summed E-state index contributed by atoms with van der Waals surface area (Å²) in [6.45, 7) is 6.40. The summed E-state index contributed by atoms with van der Waals surface area (Å²) in [4.78, 5) is 0. The first kappa shape index (κ1) is 18.6. The fourth-order valence-electron chi connectivity index (χ4n) is 3.06. The van der Waals surface area contributed by atoms with Crippen molar-refractivity contribution >= 4 is 5.69 Å². The van der Waals surface area contributed by atoms with E-state index in [0.29, 0.717) is 6.61 Å². The van der Waals surface area contributed by atoms with Gasteiger partial charge in [0.1, 0.15) is 24.2 Å². The quantitative estimate of drug-likeness (QED) is 0.700. The Morgan fingerprint density at radius 1 is 1.12 bits per heavy atom. The van der Waals surface area contributed by atoms with Crippen LogP contribution in [0.25, 0.3) is 0 Å². The van der Waals surface area contributed by atoms with Crippen molar-refractivity contribution in [2.45, 2.75) is 45.3 Å². The monoisotopic (exact) mass is 355 g/mol. The van der Waals surface area contributed by atoms with Crippen LogP contribution in [0.15, 0.2) is 48.5 Å². The fraction of sp³-hybridized carbons (Fsp3) is 0.455. The van der Waals surface area contributed by atoms with E-state index >= 15 is 0 Å². The van der Waals surface area contributed by atoms with Gasteiger partial charge >= 0.3 is 0 Å². The summed E-state index contributed by atoms with van der Waals surface area (Å²) in [5, 5.41) is 3.49. The molecule has 0 aliphatic carbocycles. The third-order valence-electron chi connectivity index (χ3n) is 4.70. The normalized spacial score (nSPS) is 17.7. The third-order valence-corrected chi connectivity index (χ3v) is 4.70. The largest absolute Gasteiger partial charge is 0.489 e. The number of hydrogen-bond acceptors (Lipinski definition) is 4. The Morgan fingerprint density at radius 3 is 2.62 bits per heavy atom. The predicted molar refractivity (Wildman–Crippen MR) is 105 cm³/mol. The minimum absolute atomic E-state index is 0.0994. The summed E-state index contributed by atoms with van der Waals surface area (Å²) in [6, 6.07) is 16.2. The van der Waals surface area contributed by atoms with Crippen molar-refractivity contribution < 1.29 is 14.2 Å². The molecule has 140 valence electrons. The van der Waals surface area contributed by atoms with Gasteiger partial charge in [-0.1, -0.05) is 37.3 Å². The van der Waals surface area contributed by atoms with E-state index < -0.39 is 0 Å². The van der Waals surface area contributed by atoms with Crippen LogP contribution in [0.5, 0.6) is 11.5 Å². The first-order valence-corrected chi connectivity index (χ1v) is 9.56. The highest BCUT2D eigenvalue weighted by molar-refractivity contribution is 5.56. The zero-order valence-electron chi connectivity index (χ0n) is 15.7. The van der Waals surface area contributed by atoms with Crippen LogP contribution >= 0.6 is 0 Å². The molecular weight excluding hydrogens is 326 g/mol. The van der Waals surface area contributed by atoms with Gasteiger partial charge in [0.25, 0.3) is 0 Å². The van der Waals surface area contributed by atoms with Crippen LogP contribution in [0.1, 0.15) is 31.7 Å². The second-order valence-electron chi connectivity index (χ2n) is 6.74. The molecule has 2 aromatic rings. The molecule has 1 fully saturated rings. The van der Waals surface area contributed by atoms with E-state index in [1.165, 1.54) is 0 Å². The first-order chi connectivity index (χ1) is 12.8. The van der Waals surface area contributed by atoms with Gasteiger partial charge in [0.2, 0.25) is 0 Å². The van der Waals surface area contributed by atoms with Crippen LogP contribution in [0.3, 0.4) is 0 Å². The number of hydrogen-bond donors (Lipinski definition) is 1. The maximum atomic E-state index is 6.17. The molecule has 0 bridgehead atoms. The van der Waals surface area contributed by atoms with Gasteiger partial charge in [-0.05, 0) is 49.9 Å². The van der Waals surface area contributed by atoms with Crippen LogP contribution in [-0.4, -0.2) is 32.0 Å². The smallest absolute Gasteiger partial charge is 0.142 e. The third kappa shape index (κ3) is 5.15. The molecule has 4 heteroatoms. The van der Waals surface area contributed by atoms with Gasteiger partial charge in [-0.25, -0.2) is 0 Å². The molecule has 2 aromatic carbocycles. The summed E-state index contributed by atoms with van der Waals surface area (Å²) in [6.07, 6.45) is 3.46. The Hall–Kier alpha value is -2.20. The maximum absolute atomic E-state index is 6.17. The SMILES string of the molecule is CC[C@@H](CNc1ccccc1OC[C@@H]1CCCO1)Oc1ccccc1C. The van der Waals surface area contributed by atoms with Crippen molar-refractivity contribution in [3.63, 3.8) is 0 Å². The van der Waals surface area contributed by atoms with Gasteiger partial charge in [-0.15, -0.1) is 0 Å². The van der Waals surface area contributed by atoms with E-state index in [0.717, 1.165) is 55.2 Å². The first-order valence-electron chi connectivity index (χ1n) is 9.56. The molecule has 1 aliphatic heterocycles. The van der Waals surface area contributed by atoms with Gasteiger partial charge in [0.15, 0.2) is 0 Å². The number of para-hydroxylation sites is 3. The lowest BCUT2D eigenvalue weighted by molar-refractivity contribution is 0.0682. The van der Waals surface area contributed by atoms with Crippen molar-refractivity contribution in [2.75, 3.05) is 25.1 Å². The lowest BCUT2D eigenvalue weighted by atomic mass is 10.2. The van der Waals surface area contributed by atoms with E-state index in [2.05, 4.69) is 25.2 Å². The molecule has 0 saturated carbocycles. The molecule has 3 rings (SSSR count). The van der Waals surface area contributed by atoms with Gasteiger partial charge in [0.05, 0.1) is 18.3 Å². The topological polar surface area (TPSA) is 39.7 Å². The molecule has 0 unspecified atom stereocenters. The summed E-state index contributed by atoms with van der Waals surface area (Å²) in [7, 11) is 0. The van der Waals surface area contributed by atoms with Crippen molar-refractivity contribution in [2.24, 2.45) is 0 Å². The molecule has 0 radical (unpaired) electrons. The zero-order chi connectivity index (χ0) is 18.2. The van der Waals surface area contributed by atoms with Crippen LogP contribution in [0.2, 0.25) is 0 Å². The van der Waals surface area contributed by atoms with Gasteiger partial charge in [0, 0.05) is 6.61 Å². The van der Waals surface area contributed by atoms with Gasteiger partial charge in [-0.2, -0.15) is 0 Å². The number of anilines is 1. The standard InChI is InChI=1S/C22H29NO3/c1-3-18(26-21-12-6-4-9-17(21)2)15-23-20-11-5-7-13-22(20)25-16-19-10-8-14-24-19/h4-7,9,11-13,18-19,23H,3,8,10,14-16H2,1-2H3/t18-,19-/m0/s1. The molecule has 0 amide bonds. The Balaban J connectivity index is 1.56. The van der Waals surface area contributed by atoms with Crippen LogP contribution in [0.4, 0.5) is 5.69 Å². The van der Waals surface area contributed by atoms with Crippen molar-refractivity contribution in [1.82, 2.24) is 0 Å². The molecule has 1 N–H and O–H groups in total. The Labute approximate surface area is 156 Å². The molecule has 26 heavy (non-hydrogen) atoms. The van der Waals surface area contributed by atoms with E-state index in [-0.39, 0.29) is 12.2 Å². The minimum Gasteiger partial charge on any atom is -0.489 e. The maximum Gasteiger partial charge on any atom is 0.142 e. The molecular formula is C22H29NO3. The lowest BCUT2D eigenvalue weighted by Gasteiger charge is -2.21. The number of nitrogens with one attached hydrogen (secondary N) is 1. The number of rotatable bonds is 9. The molecule has 0 spiro atoms. The van der Waals surface area contributed by atoms with E-state index in [1.807, 2.05) is 42.5 Å². The Bertz CT molecular complexity index is 683. The molecule has 1 heterocycles. The van der Waals surface area contributed by atoms with Crippen molar-refractivity contribution in [3.8, 4) is 11.5 Å². The number of ether oxygens (including phenoxy) is 3. The number of benzene rings is 2. The zero-order valence-corrected chi connectivity index (χ0v) is 15.7. The van der Waals surface area contributed by atoms with E-state index in [1.54, 1.807) is 0 Å². The lowest BCUT2D eigenvalue weighted by Crippen LogP contribution is -2.26. The number of aryl methyl sites for hydroxylation is 1. The second-order valence-corrected chi connectivity index (χ2v) is 6.74. The highest BCUT2D eigenvalue weighted by Crippen LogP contribution is 2.26. The summed E-state index contributed by atoms with van der Waals surface area (Å²) >= 11 is 0. The van der Waals surface area contributed by atoms with Gasteiger partial charge in [-0.3, -0.25) is 0 Å². The van der Waals surface area contributed by atoms with Crippen LogP contribution in [0, 0.1) is 6.92 Å². The van der Waals surface area contributed by atoms with Crippen molar-refractivity contribution in [1.29, 1.82) is 0 Å². The highest BCUT2D eigenvalue weighted by Gasteiger charge is 2.17. The summed E-state index contributed by atoms with van der Waals surface area (Å²) < 4.78 is 17.8. The van der Waals surface area contributed by atoms with Crippen LogP contribution < -0.4 is 14.8 Å². The fourth-order valence-corrected chi connectivity index (χ4v) is 3.06. The minimum atomic E-state index is 0.0994. The second kappa shape index (κ2) is 9.48. The van der Waals surface area contributed by atoms with Gasteiger partial charge < -0.3 is 19.5 Å². The molecule has 2 atom stereocenters. The molecule has 4 nitrogen and oxygen atoms in total. The Kier molecular flexibility index (Phi) is 6.78. The summed E-state index contributed by atoms with van der Waals surface area (Å²) in [5.41, 5.74) is 2.16. The Morgan fingerprint density at radius 2 is 1.88 bits per heavy atom. The molecule has 1 aliphatic rings. The summed E-state index contributed by atoms with van der Waals surface area (Å²) in [5.74, 6) is 1.82. The van der Waals surface area contributed by atoms with E-state index in [4.69, 9.17) is 14.2 Å². The molecule has 0 aromatic heterocycles. The average molecular weight is 355 g/mol. The molecule has 1 saturated heterocycles. The van der Waals surface area contributed by atoms with Crippen LogP contribution in [-0.2, 0) is 4.74 Å². The van der Waals surface area contributed by atoms with E-state index in [9.17, 15) is 0 Å². The van der Waals surface area contributed by atoms with Crippen molar-refractivity contribution in [3.05, 3.63) is 54.1 Å². The predicted octanol–water partition coefficient (Wildman–Crippen LogP) is 4.82. The highest BCUT2D eigenvalue weighted by atomic mass is 16.5. The average Bonchev–Trinajstić information content (AvgIpc) is 3.19.